The summed E-state index contributed by atoms with van der Waals surface area (Å²) >= 11 is 0. The summed E-state index contributed by atoms with van der Waals surface area (Å²) in [6, 6.07) is 8.95. The normalized spacial score (nSPS) is 18.5. The first kappa shape index (κ1) is 22.1. The van der Waals surface area contributed by atoms with Gasteiger partial charge in [0.15, 0.2) is 0 Å². The van der Waals surface area contributed by atoms with Gasteiger partial charge in [-0.25, -0.2) is 4.98 Å². The maximum Gasteiger partial charge on any atom is 0.301 e. The van der Waals surface area contributed by atoms with Crippen LogP contribution in [0.3, 0.4) is 0 Å². The van der Waals surface area contributed by atoms with E-state index in [1.165, 1.54) is 15.2 Å². The first-order valence-corrected chi connectivity index (χ1v) is 13.2. The molecule has 10 heteroatoms. The Balaban J connectivity index is 1.37. The van der Waals surface area contributed by atoms with Gasteiger partial charge in [-0.05, 0) is 72.9 Å². The van der Waals surface area contributed by atoms with Crippen LogP contribution in [0.4, 0.5) is 5.69 Å². The second kappa shape index (κ2) is 7.80. The summed E-state index contributed by atoms with van der Waals surface area (Å²) in [5.74, 6) is 0.644. The summed E-state index contributed by atoms with van der Waals surface area (Å²) in [6.45, 7) is 1.06. The minimum absolute atomic E-state index is 0.146. The van der Waals surface area contributed by atoms with Crippen molar-refractivity contribution in [1.82, 2.24) is 13.9 Å². The van der Waals surface area contributed by atoms with Crippen LogP contribution in [0.25, 0.3) is 10.9 Å². The molecule has 1 saturated heterocycles. The fraction of sp³-hybridized carbons (Fsp3) is 0.400. The minimum Gasteiger partial charge on any atom is -0.456 e. The zero-order valence-corrected chi connectivity index (χ0v) is 20.2. The average molecular weight is 492 g/mol. The number of benzene rings is 2. The minimum atomic E-state index is -3.78. The van der Waals surface area contributed by atoms with Crippen LogP contribution < -0.4 is 15.0 Å². The highest BCUT2D eigenvalue weighted by Crippen LogP contribution is 2.49. The molecule has 1 aromatic heterocycles. The Labute approximate surface area is 203 Å². The first-order valence-electron chi connectivity index (χ1n) is 11.8. The monoisotopic (exact) mass is 491 g/mol. The van der Waals surface area contributed by atoms with Crippen molar-refractivity contribution >= 4 is 26.8 Å². The van der Waals surface area contributed by atoms with Crippen molar-refractivity contribution < 1.29 is 13.2 Å². The summed E-state index contributed by atoms with van der Waals surface area (Å²) in [7, 11) is -2.16. The van der Waals surface area contributed by atoms with E-state index in [2.05, 4.69) is 15.8 Å². The Hall–Kier alpha value is -3.42. The maximum absolute atomic E-state index is 13.2. The van der Waals surface area contributed by atoms with Gasteiger partial charge in [-0.1, -0.05) is 6.42 Å². The van der Waals surface area contributed by atoms with E-state index in [-0.39, 0.29) is 22.3 Å². The van der Waals surface area contributed by atoms with Crippen molar-refractivity contribution in [2.45, 2.75) is 38.5 Å². The summed E-state index contributed by atoms with van der Waals surface area (Å²) in [4.78, 5) is 16.8. The quantitative estimate of drug-likeness (QED) is 0.586. The van der Waals surface area contributed by atoms with Crippen molar-refractivity contribution in [3.8, 4) is 17.6 Å². The zero-order valence-electron chi connectivity index (χ0n) is 19.4. The number of ether oxygens (including phenoxy) is 1. The molecule has 3 aliphatic rings. The van der Waals surface area contributed by atoms with E-state index in [0.29, 0.717) is 41.9 Å². The number of fused-ring (bicyclic) bond motifs is 2. The van der Waals surface area contributed by atoms with Crippen LogP contribution in [0.1, 0.15) is 42.4 Å². The third-order valence-electron chi connectivity index (χ3n) is 7.60. The second-order valence-electron chi connectivity index (χ2n) is 9.90. The molecule has 0 bridgehead atoms. The van der Waals surface area contributed by atoms with Gasteiger partial charge in [-0.2, -0.15) is 18.0 Å². The maximum atomic E-state index is 13.2. The van der Waals surface area contributed by atoms with Crippen LogP contribution in [0.5, 0.6) is 11.5 Å². The second-order valence-corrected chi connectivity index (χ2v) is 11.6. The fourth-order valence-corrected chi connectivity index (χ4v) is 6.96. The molecular weight excluding hydrogens is 466 g/mol. The van der Waals surface area contributed by atoms with Crippen LogP contribution in [-0.2, 0) is 30.1 Å². The Morgan fingerprint density at radius 2 is 1.97 bits per heavy atom. The van der Waals surface area contributed by atoms with E-state index in [9.17, 15) is 18.5 Å². The van der Waals surface area contributed by atoms with Crippen LogP contribution in [-0.4, -0.2) is 35.4 Å². The van der Waals surface area contributed by atoms with Gasteiger partial charge >= 0.3 is 10.2 Å². The predicted molar refractivity (Wildman–Crippen MR) is 131 cm³/mol. The van der Waals surface area contributed by atoms with Crippen molar-refractivity contribution in [2.75, 3.05) is 17.8 Å². The van der Waals surface area contributed by atoms with E-state index in [1.54, 1.807) is 25.2 Å². The highest BCUT2D eigenvalue weighted by Gasteiger charge is 2.51. The largest absolute Gasteiger partial charge is 0.456 e. The number of nitriles is 1. The molecule has 35 heavy (non-hydrogen) atoms. The molecule has 180 valence electrons. The van der Waals surface area contributed by atoms with Gasteiger partial charge in [0.1, 0.15) is 23.1 Å². The number of nitrogens with zero attached hydrogens (tertiary/aromatic N) is 4. The van der Waals surface area contributed by atoms with Gasteiger partial charge in [0.2, 0.25) is 0 Å². The molecule has 0 unspecified atom stereocenters. The molecule has 0 atom stereocenters. The fourth-order valence-electron chi connectivity index (χ4n) is 5.46. The van der Waals surface area contributed by atoms with E-state index in [1.807, 2.05) is 6.07 Å². The molecule has 3 aromatic rings. The Morgan fingerprint density at radius 3 is 2.69 bits per heavy atom. The SMILES string of the molecule is Cn1cnc2ccc(Oc3cc4c(c(NS(=O)(=O)N5CC6(CCC6)C5)c3C#N)CCC4)cc2c1=O. The third-order valence-corrected chi connectivity index (χ3v) is 9.00. The number of aryl methyl sites for hydroxylation is 2. The van der Waals surface area contributed by atoms with Crippen LogP contribution >= 0.6 is 0 Å². The molecule has 1 aliphatic heterocycles. The molecule has 2 aromatic carbocycles. The standard InChI is InChI=1S/C25H25N5O4S/c1-29-15-27-21-7-6-17(11-19(21)24(29)31)34-22-10-16-4-2-5-18(16)23(20(22)12-26)28-35(32,33)30-13-25(14-30)8-3-9-25/h6-7,10-11,15,28H,2-5,8-9,13-14H2,1H3. The number of rotatable bonds is 5. The number of hydrogen-bond acceptors (Lipinski definition) is 6. The van der Waals surface area contributed by atoms with E-state index < -0.39 is 10.2 Å². The lowest BCUT2D eigenvalue weighted by Gasteiger charge is -2.54. The van der Waals surface area contributed by atoms with Crippen LogP contribution in [0.2, 0.25) is 0 Å². The highest BCUT2D eigenvalue weighted by atomic mass is 32.2. The molecular formula is C25H25N5O4S. The highest BCUT2D eigenvalue weighted by molar-refractivity contribution is 7.90. The topological polar surface area (TPSA) is 117 Å². The molecule has 1 saturated carbocycles. The molecule has 1 N–H and O–H groups in total. The van der Waals surface area contributed by atoms with Crippen molar-refractivity contribution in [1.29, 1.82) is 5.26 Å². The zero-order chi connectivity index (χ0) is 24.4. The van der Waals surface area contributed by atoms with Gasteiger partial charge in [-0.3, -0.25) is 9.52 Å². The molecule has 0 radical (unpaired) electrons. The average Bonchev–Trinajstić information content (AvgIpc) is 3.23. The number of nitrogens with one attached hydrogen (secondary N) is 1. The Bertz CT molecular complexity index is 1580. The van der Waals surface area contributed by atoms with Gasteiger partial charge in [0.25, 0.3) is 5.56 Å². The summed E-state index contributed by atoms with van der Waals surface area (Å²) in [5.41, 5.74) is 2.77. The predicted octanol–water partition coefficient (Wildman–Crippen LogP) is 3.23. The Kier molecular flexibility index (Phi) is 4.92. The molecule has 2 fully saturated rings. The lowest BCUT2D eigenvalue weighted by Crippen LogP contribution is -2.62. The smallest absolute Gasteiger partial charge is 0.301 e. The molecule has 2 heterocycles. The summed E-state index contributed by atoms with van der Waals surface area (Å²) in [5, 5.41) is 10.5. The summed E-state index contributed by atoms with van der Waals surface area (Å²) in [6.07, 6.45) is 7.12. The summed E-state index contributed by atoms with van der Waals surface area (Å²) < 4.78 is 38.1. The van der Waals surface area contributed by atoms with E-state index in [4.69, 9.17) is 4.74 Å². The van der Waals surface area contributed by atoms with Gasteiger partial charge in [0.05, 0.1) is 22.9 Å². The number of aromatic nitrogens is 2. The van der Waals surface area contributed by atoms with Crippen molar-refractivity contribution in [3.63, 3.8) is 0 Å². The lowest BCUT2D eigenvalue weighted by molar-refractivity contribution is -0.00752. The third kappa shape index (κ3) is 3.58. The van der Waals surface area contributed by atoms with Gasteiger partial charge < -0.3 is 9.30 Å². The molecule has 6 rings (SSSR count). The number of anilines is 1. The molecule has 0 amide bonds. The van der Waals surface area contributed by atoms with E-state index in [0.717, 1.165) is 43.2 Å². The Morgan fingerprint density at radius 1 is 1.17 bits per heavy atom. The lowest BCUT2D eigenvalue weighted by atomic mass is 9.65. The van der Waals surface area contributed by atoms with Crippen LogP contribution in [0, 0.1) is 16.7 Å². The van der Waals surface area contributed by atoms with Crippen molar-refractivity contribution in [2.24, 2.45) is 12.5 Å². The first-order chi connectivity index (χ1) is 16.8. The molecule has 2 aliphatic carbocycles. The molecule has 9 nitrogen and oxygen atoms in total. The van der Waals surface area contributed by atoms with Gasteiger partial charge in [0, 0.05) is 20.1 Å². The van der Waals surface area contributed by atoms with Gasteiger partial charge in [-0.15, -0.1) is 0 Å². The van der Waals surface area contributed by atoms with Crippen LogP contribution in [0.15, 0.2) is 35.4 Å². The van der Waals surface area contributed by atoms with Crippen molar-refractivity contribution in [3.05, 3.63) is 57.6 Å². The van der Waals surface area contributed by atoms with E-state index >= 15 is 0 Å². The molecule has 1 spiro atoms. The number of hydrogen-bond donors (Lipinski definition) is 1.